The molecule has 2 aromatic carbocycles. The van der Waals surface area contributed by atoms with Crippen molar-refractivity contribution in [3.63, 3.8) is 0 Å². The highest BCUT2D eigenvalue weighted by atomic mass is 35.5. The molecule has 0 aliphatic heterocycles. The Balaban J connectivity index is 2.05. The fourth-order valence-electron chi connectivity index (χ4n) is 1.93. The minimum Gasteiger partial charge on any atom is -0.481 e. The van der Waals surface area contributed by atoms with Crippen LogP contribution in [0.4, 0.5) is 11.4 Å². The van der Waals surface area contributed by atoms with Crippen molar-refractivity contribution in [2.24, 2.45) is 0 Å². The number of carbonyl (C=O) groups is 1. The van der Waals surface area contributed by atoms with E-state index in [9.17, 15) is 14.9 Å². The Labute approximate surface area is 138 Å². The van der Waals surface area contributed by atoms with Crippen molar-refractivity contribution in [2.75, 3.05) is 5.32 Å². The number of halogens is 1. The van der Waals surface area contributed by atoms with E-state index in [2.05, 4.69) is 5.32 Å². The highest BCUT2D eigenvalue weighted by molar-refractivity contribution is 6.30. The van der Waals surface area contributed by atoms with E-state index in [-0.39, 0.29) is 11.6 Å². The Morgan fingerprint density at radius 2 is 2.04 bits per heavy atom. The lowest BCUT2D eigenvalue weighted by Crippen LogP contribution is -2.30. The van der Waals surface area contributed by atoms with Gasteiger partial charge in [-0.2, -0.15) is 0 Å². The lowest BCUT2D eigenvalue weighted by atomic mass is 10.1. The second-order valence-electron chi connectivity index (χ2n) is 4.96. The Morgan fingerprint density at radius 3 is 2.65 bits per heavy atom. The van der Waals surface area contributed by atoms with E-state index in [0.717, 1.165) is 0 Å². The predicted molar refractivity (Wildman–Crippen MR) is 88.0 cm³/mol. The van der Waals surface area contributed by atoms with Crippen molar-refractivity contribution < 1.29 is 14.5 Å². The van der Waals surface area contributed by atoms with Gasteiger partial charge in [0.1, 0.15) is 5.75 Å². The SMILES string of the molecule is Cc1cc([N+](=O)[O-])ccc1NC(=O)C(C)Oc1cccc(Cl)c1. The van der Waals surface area contributed by atoms with Crippen LogP contribution in [0.1, 0.15) is 12.5 Å². The van der Waals surface area contributed by atoms with Gasteiger partial charge >= 0.3 is 0 Å². The molecule has 0 spiro atoms. The van der Waals surface area contributed by atoms with Crippen LogP contribution >= 0.6 is 11.6 Å². The molecule has 6 nitrogen and oxygen atoms in total. The number of hydrogen-bond acceptors (Lipinski definition) is 4. The highest BCUT2D eigenvalue weighted by Crippen LogP contribution is 2.22. The number of anilines is 1. The van der Waals surface area contributed by atoms with Crippen molar-refractivity contribution in [3.8, 4) is 5.75 Å². The molecule has 0 aromatic heterocycles. The van der Waals surface area contributed by atoms with Crippen LogP contribution in [0.15, 0.2) is 42.5 Å². The summed E-state index contributed by atoms with van der Waals surface area (Å²) < 4.78 is 5.53. The average molecular weight is 335 g/mol. The zero-order chi connectivity index (χ0) is 17.0. The summed E-state index contributed by atoms with van der Waals surface area (Å²) in [6, 6.07) is 11.0. The summed E-state index contributed by atoms with van der Waals surface area (Å²) in [5.41, 5.74) is 1.08. The predicted octanol–water partition coefficient (Wildman–Crippen LogP) is 3.96. The molecule has 1 atom stereocenters. The Bertz CT molecular complexity index is 749. The lowest BCUT2D eigenvalue weighted by Gasteiger charge is -2.15. The zero-order valence-corrected chi connectivity index (χ0v) is 13.3. The summed E-state index contributed by atoms with van der Waals surface area (Å²) in [4.78, 5) is 22.4. The summed E-state index contributed by atoms with van der Waals surface area (Å²) in [6.45, 7) is 3.29. The summed E-state index contributed by atoms with van der Waals surface area (Å²) in [5.74, 6) is 0.127. The van der Waals surface area contributed by atoms with Crippen molar-refractivity contribution in [3.05, 3.63) is 63.2 Å². The molecule has 0 aliphatic rings. The van der Waals surface area contributed by atoms with E-state index in [1.54, 1.807) is 38.1 Å². The molecule has 120 valence electrons. The highest BCUT2D eigenvalue weighted by Gasteiger charge is 2.17. The van der Waals surface area contributed by atoms with Gasteiger partial charge in [0.25, 0.3) is 11.6 Å². The number of rotatable bonds is 5. The van der Waals surface area contributed by atoms with Crippen LogP contribution in [0.25, 0.3) is 0 Å². The van der Waals surface area contributed by atoms with Crippen LogP contribution < -0.4 is 10.1 Å². The van der Waals surface area contributed by atoms with Crippen molar-refractivity contribution in [1.29, 1.82) is 0 Å². The van der Waals surface area contributed by atoms with Gasteiger partial charge in [0.2, 0.25) is 0 Å². The van der Waals surface area contributed by atoms with E-state index in [1.165, 1.54) is 18.2 Å². The molecule has 0 saturated heterocycles. The first-order chi connectivity index (χ1) is 10.9. The quantitative estimate of drug-likeness (QED) is 0.662. The van der Waals surface area contributed by atoms with Gasteiger partial charge in [-0.05, 0) is 43.7 Å². The molecule has 0 heterocycles. The number of non-ortho nitro benzene ring substituents is 1. The Hall–Kier alpha value is -2.60. The third kappa shape index (κ3) is 4.43. The van der Waals surface area contributed by atoms with E-state index < -0.39 is 11.0 Å². The summed E-state index contributed by atoms with van der Waals surface area (Å²) in [5, 5.41) is 13.9. The van der Waals surface area contributed by atoms with E-state index in [1.807, 2.05) is 0 Å². The third-order valence-electron chi connectivity index (χ3n) is 3.16. The maximum atomic E-state index is 12.2. The van der Waals surface area contributed by atoms with Crippen LogP contribution in [0.3, 0.4) is 0 Å². The van der Waals surface area contributed by atoms with Crippen molar-refractivity contribution in [1.82, 2.24) is 0 Å². The molecule has 0 bridgehead atoms. The summed E-state index contributed by atoms with van der Waals surface area (Å²) >= 11 is 5.86. The van der Waals surface area contributed by atoms with E-state index in [0.29, 0.717) is 22.0 Å². The van der Waals surface area contributed by atoms with Gasteiger partial charge in [0.15, 0.2) is 6.10 Å². The van der Waals surface area contributed by atoms with Gasteiger partial charge in [-0.3, -0.25) is 14.9 Å². The maximum Gasteiger partial charge on any atom is 0.269 e. The molecule has 1 unspecified atom stereocenters. The van der Waals surface area contributed by atoms with Crippen LogP contribution in [-0.2, 0) is 4.79 Å². The number of nitrogens with zero attached hydrogens (tertiary/aromatic N) is 1. The molecule has 0 radical (unpaired) electrons. The molecule has 0 saturated carbocycles. The number of carbonyl (C=O) groups excluding carboxylic acids is 1. The Morgan fingerprint density at radius 1 is 1.30 bits per heavy atom. The number of nitro groups is 1. The maximum absolute atomic E-state index is 12.2. The molecule has 2 rings (SSSR count). The second kappa shape index (κ2) is 7.11. The molecule has 0 aliphatic carbocycles. The fourth-order valence-corrected chi connectivity index (χ4v) is 2.11. The van der Waals surface area contributed by atoms with Gasteiger partial charge in [-0.1, -0.05) is 17.7 Å². The number of nitrogens with one attached hydrogen (secondary N) is 1. The minimum atomic E-state index is -0.747. The van der Waals surface area contributed by atoms with Crippen LogP contribution in [0.5, 0.6) is 5.75 Å². The fraction of sp³-hybridized carbons (Fsp3) is 0.188. The van der Waals surface area contributed by atoms with Gasteiger partial charge in [-0.15, -0.1) is 0 Å². The molecule has 1 N–H and O–H groups in total. The smallest absolute Gasteiger partial charge is 0.269 e. The standard InChI is InChI=1S/C16H15ClN2O4/c1-10-8-13(19(21)22)6-7-15(10)18-16(20)11(2)23-14-5-3-4-12(17)9-14/h3-9,11H,1-2H3,(H,18,20). The summed E-state index contributed by atoms with van der Waals surface area (Å²) in [7, 11) is 0. The van der Waals surface area contributed by atoms with Crippen LogP contribution in [0.2, 0.25) is 5.02 Å². The minimum absolute atomic E-state index is 0.0243. The number of benzene rings is 2. The largest absolute Gasteiger partial charge is 0.481 e. The first kappa shape index (κ1) is 16.8. The van der Waals surface area contributed by atoms with Crippen LogP contribution in [0, 0.1) is 17.0 Å². The Kier molecular flexibility index (Phi) is 5.18. The number of nitro benzene ring substituents is 1. The van der Waals surface area contributed by atoms with Gasteiger partial charge < -0.3 is 10.1 Å². The molecule has 0 fully saturated rings. The first-order valence-electron chi connectivity index (χ1n) is 6.85. The monoisotopic (exact) mass is 334 g/mol. The second-order valence-corrected chi connectivity index (χ2v) is 5.40. The number of ether oxygens (including phenoxy) is 1. The molecular formula is C16H15ClN2O4. The van der Waals surface area contributed by atoms with Gasteiger partial charge in [0, 0.05) is 22.8 Å². The number of amides is 1. The molecule has 7 heteroatoms. The van der Waals surface area contributed by atoms with E-state index in [4.69, 9.17) is 16.3 Å². The summed E-state index contributed by atoms with van der Waals surface area (Å²) in [6.07, 6.45) is -0.747. The topological polar surface area (TPSA) is 81.5 Å². The van der Waals surface area contributed by atoms with Crippen LogP contribution in [-0.4, -0.2) is 16.9 Å². The van der Waals surface area contributed by atoms with Gasteiger partial charge in [0.05, 0.1) is 4.92 Å². The average Bonchev–Trinajstić information content (AvgIpc) is 2.49. The van der Waals surface area contributed by atoms with Crippen molar-refractivity contribution >= 4 is 28.9 Å². The first-order valence-corrected chi connectivity index (χ1v) is 7.23. The third-order valence-corrected chi connectivity index (χ3v) is 3.39. The normalized spacial score (nSPS) is 11.6. The van der Waals surface area contributed by atoms with Crippen molar-refractivity contribution in [2.45, 2.75) is 20.0 Å². The van der Waals surface area contributed by atoms with Gasteiger partial charge in [-0.25, -0.2) is 0 Å². The lowest BCUT2D eigenvalue weighted by molar-refractivity contribution is -0.384. The molecule has 23 heavy (non-hydrogen) atoms. The van der Waals surface area contributed by atoms with E-state index >= 15 is 0 Å². The molecule has 2 aromatic rings. The molecular weight excluding hydrogens is 320 g/mol. The number of aryl methyl sites for hydroxylation is 1. The molecule has 1 amide bonds. The zero-order valence-electron chi connectivity index (χ0n) is 12.6. The number of hydrogen-bond donors (Lipinski definition) is 1.